The van der Waals surface area contributed by atoms with Gasteiger partial charge in [-0.25, -0.2) is 9.59 Å². The van der Waals surface area contributed by atoms with Crippen LogP contribution in [0.4, 0.5) is 4.79 Å². The summed E-state index contributed by atoms with van der Waals surface area (Å²) < 4.78 is 29.6. The van der Waals surface area contributed by atoms with Crippen LogP contribution in [0.1, 0.15) is 30.5 Å². The Hall–Kier alpha value is -3.45. The zero-order chi connectivity index (χ0) is 26.7. The van der Waals surface area contributed by atoms with Gasteiger partial charge in [-0.15, -0.1) is 0 Å². The lowest BCUT2D eigenvalue weighted by Gasteiger charge is -2.28. The molecule has 9 heteroatoms. The van der Waals surface area contributed by atoms with Gasteiger partial charge in [-0.1, -0.05) is 105 Å². The standard InChI is InChI=1S/C28H32NO7P/c1-21(2)26(27(30)34-19-23-14-8-4-9-15-23)36-37(32,33)25(18-22-12-6-3-7-13-22)29-28(31)35-20-24-16-10-5-11-17-24/h3-17,21,25-26H,18-20H2,1-2H3,(H,29,31)(H,32,33)/t25-,26-/m1/s1. The van der Waals surface area contributed by atoms with Crippen LogP contribution in [-0.4, -0.2) is 28.8 Å². The maximum atomic E-state index is 13.5. The molecule has 0 fully saturated rings. The molecular formula is C28H32NO7P. The van der Waals surface area contributed by atoms with Gasteiger partial charge in [-0.05, 0) is 22.6 Å². The van der Waals surface area contributed by atoms with Crippen LogP contribution in [-0.2, 0) is 43.0 Å². The highest BCUT2D eigenvalue weighted by atomic mass is 31.2. The molecule has 0 saturated carbocycles. The summed E-state index contributed by atoms with van der Waals surface area (Å²) in [6.45, 7) is 3.35. The van der Waals surface area contributed by atoms with Crippen LogP contribution in [0.3, 0.4) is 0 Å². The third kappa shape index (κ3) is 9.17. The Labute approximate surface area is 217 Å². The highest BCUT2D eigenvalue weighted by molar-refractivity contribution is 7.53. The summed E-state index contributed by atoms with van der Waals surface area (Å²) in [5, 5.41) is 2.47. The third-order valence-corrected chi connectivity index (χ3v) is 7.12. The van der Waals surface area contributed by atoms with Gasteiger partial charge in [0.1, 0.15) is 19.0 Å². The first-order valence-electron chi connectivity index (χ1n) is 12.0. The van der Waals surface area contributed by atoms with Crippen molar-refractivity contribution in [3.8, 4) is 0 Å². The molecule has 0 aliphatic heterocycles. The van der Waals surface area contributed by atoms with Crippen molar-refractivity contribution >= 4 is 19.7 Å². The highest BCUT2D eigenvalue weighted by Gasteiger charge is 2.40. The summed E-state index contributed by atoms with van der Waals surface area (Å²) in [4.78, 5) is 36.3. The van der Waals surface area contributed by atoms with Crippen molar-refractivity contribution in [2.24, 2.45) is 5.92 Å². The summed E-state index contributed by atoms with van der Waals surface area (Å²) in [5.74, 6) is -2.59. The predicted octanol–water partition coefficient (Wildman–Crippen LogP) is 5.45. The van der Waals surface area contributed by atoms with Crippen LogP contribution in [0.5, 0.6) is 0 Å². The van der Waals surface area contributed by atoms with Crippen molar-refractivity contribution in [2.75, 3.05) is 0 Å². The molecule has 2 N–H and O–H groups in total. The molecule has 0 aliphatic carbocycles. The first-order valence-corrected chi connectivity index (χ1v) is 13.6. The molecule has 196 valence electrons. The van der Waals surface area contributed by atoms with E-state index < -0.39 is 37.5 Å². The second-order valence-corrected chi connectivity index (χ2v) is 10.8. The van der Waals surface area contributed by atoms with E-state index in [1.54, 1.807) is 62.4 Å². The molecule has 37 heavy (non-hydrogen) atoms. The molecule has 0 aliphatic rings. The lowest BCUT2D eigenvalue weighted by atomic mass is 10.1. The van der Waals surface area contributed by atoms with Gasteiger partial charge in [-0.3, -0.25) is 9.09 Å². The molecule has 0 radical (unpaired) electrons. The van der Waals surface area contributed by atoms with E-state index in [0.29, 0.717) is 5.56 Å². The summed E-state index contributed by atoms with van der Waals surface area (Å²) in [5.41, 5.74) is 2.23. The molecule has 3 rings (SSSR count). The van der Waals surface area contributed by atoms with Gasteiger partial charge < -0.3 is 19.7 Å². The molecule has 3 aromatic rings. The summed E-state index contributed by atoms with van der Waals surface area (Å²) in [6.07, 6.45) is -2.21. The first-order chi connectivity index (χ1) is 17.7. The Balaban J connectivity index is 1.71. The monoisotopic (exact) mass is 525 g/mol. The minimum atomic E-state index is -4.59. The topological polar surface area (TPSA) is 111 Å². The number of ether oxygens (including phenoxy) is 2. The van der Waals surface area contributed by atoms with Crippen molar-refractivity contribution in [3.05, 3.63) is 108 Å². The number of benzene rings is 3. The number of alkyl carbamates (subject to hydrolysis) is 1. The predicted molar refractivity (Wildman–Crippen MR) is 139 cm³/mol. The first kappa shape index (κ1) is 28.1. The van der Waals surface area contributed by atoms with E-state index >= 15 is 0 Å². The summed E-state index contributed by atoms with van der Waals surface area (Å²) in [6, 6.07) is 27.0. The SMILES string of the molecule is CC(C)[C@@H](OP(=O)(O)[C@H](Cc1ccccc1)NC(=O)OCc1ccccc1)C(=O)OCc1ccccc1. The number of amides is 1. The van der Waals surface area contributed by atoms with Gasteiger partial charge in [0.25, 0.3) is 0 Å². The molecule has 3 aromatic carbocycles. The van der Waals surface area contributed by atoms with Crippen molar-refractivity contribution < 1.29 is 33.0 Å². The van der Waals surface area contributed by atoms with Crippen molar-refractivity contribution in [2.45, 2.75) is 45.4 Å². The lowest BCUT2D eigenvalue weighted by Crippen LogP contribution is -2.39. The van der Waals surface area contributed by atoms with Gasteiger partial charge in [0.05, 0.1) is 0 Å². The normalized spacial score (nSPS) is 14.3. The van der Waals surface area contributed by atoms with E-state index in [2.05, 4.69) is 5.32 Å². The average Bonchev–Trinajstić information content (AvgIpc) is 2.90. The zero-order valence-electron chi connectivity index (χ0n) is 20.9. The van der Waals surface area contributed by atoms with Crippen LogP contribution in [0.25, 0.3) is 0 Å². The maximum absolute atomic E-state index is 13.5. The molecule has 0 heterocycles. The Morgan fingerprint density at radius 3 is 1.73 bits per heavy atom. The molecule has 0 bridgehead atoms. The molecule has 0 aromatic heterocycles. The Bertz CT molecular complexity index is 1170. The molecule has 1 amide bonds. The number of rotatable bonds is 12. The average molecular weight is 526 g/mol. The Kier molecular flexibility index (Phi) is 10.4. The Morgan fingerprint density at radius 1 is 0.784 bits per heavy atom. The molecular weight excluding hydrogens is 493 g/mol. The maximum Gasteiger partial charge on any atom is 0.408 e. The summed E-state index contributed by atoms with van der Waals surface area (Å²) in [7, 11) is -4.59. The van der Waals surface area contributed by atoms with Crippen molar-refractivity contribution in [3.63, 3.8) is 0 Å². The van der Waals surface area contributed by atoms with Gasteiger partial charge in [-0.2, -0.15) is 0 Å². The van der Waals surface area contributed by atoms with Gasteiger partial charge in [0.2, 0.25) is 0 Å². The number of hydrogen-bond donors (Lipinski definition) is 2. The number of carbonyl (C=O) groups excluding carboxylic acids is 2. The van der Waals surface area contributed by atoms with Crippen LogP contribution in [0.15, 0.2) is 91.0 Å². The van der Waals surface area contributed by atoms with E-state index in [0.717, 1.165) is 11.1 Å². The number of carbonyl (C=O) groups is 2. The fourth-order valence-electron chi connectivity index (χ4n) is 3.47. The van der Waals surface area contributed by atoms with Gasteiger partial charge >= 0.3 is 19.7 Å². The quantitative estimate of drug-likeness (QED) is 0.239. The number of nitrogens with one attached hydrogen (secondary N) is 1. The van der Waals surface area contributed by atoms with Crippen molar-refractivity contribution in [1.82, 2.24) is 5.32 Å². The van der Waals surface area contributed by atoms with Crippen LogP contribution in [0, 0.1) is 5.92 Å². The van der Waals surface area contributed by atoms with E-state index in [-0.39, 0.29) is 19.6 Å². The fourth-order valence-corrected chi connectivity index (χ4v) is 4.98. The van der Waals surface area contributed by atoms with E-state index in [1.165, 1.54) is 0 Å². The molecule has 1 unspecified atom stereocenters. The lowest BCUT2D eigenvalue weighted by molar-refractivity contribution is -0.155. The number of hydrogen-bond acceptors (Lipinski definition) is 6. The largest absolute Gasteiger partial charge is 0.459 e. The van der Waals surface area contributed by atoms with E-state index in [4.69, 9.17) is 14.0 Å². The molecule has 3 atom stereocenters. The highest BCUT2D eigenvalue weighted by Crippen LogP contribution is 2.49. The second kappa shape index (κ2) is 13.7. The van der Waals surface area contributed by atoms with Gasteiger partial charge in [0.15, 0.2) is 6.10 Å². The Morgan fingerprint density at radius 2 is 1.24 bits per heavy atom. The van der Waals surface area contributed by atoms with Gasteiger partial charge in [0, 0.05) is 6.42 Å². The third-order valence-electron chi connectivity index (χ3n) is 5.49. The van der Waals surface area contributed by atoms with E-state index in [9.17, 15) is 19.0 Å². The second-order valence-electron chi connectivity index (χ2n) is 8.84. The zero-order valence-corrected chi connectivity index (χ0v) is 21.8. The minimum Gasteiger partial charge on any atom is -0.459 e. The van der Waals surface area contributed by atoms with Crippen LogP contribution in [0.2, 0.25) is 0 Å². The summed E-state index contributed by atoms with van der Waals surface area (Å²) >= 11 is 0. The molecule has 8 nitrogen and oxygen atoms in total. The van der Waals surface area contributed by atoms with E-state index in [1.807, 2.05) is 42.5 Å². The minimum absolute atomic E-state index is 0.000507. The van der Waals surface area contributed by atoms with Crippen LogP contribution < -0.4 is 5.32 Å². The smallest absolute Gasteiger partial charge is 0.408 e. The molecule has 0 saturated heterocycles. The number of esters is 1. The van der Waals surface area contributed by atoms with Crippen molar-refractivity contribution in [1.29, 1.82) is 0 Å². The molecule has 0 spiro atoms. The van der Waals surface area contributed by atoms with Crippen LogP contribution >= 0.6 is 7.60 Å². The fraction of sp³-hybridized carbons (Fsp3) is 0.286.